The second-order valence-corrected chi connectivity index (χ2v) is 6.92. The first-order chi connectivity index (χ1) is 11.7. The molecule has 1 amide bonds. The fourth-order valence-electron chi connectivity index (χ4n) is 3.88. The normalized spacial score (nSPS) is 21.6. The van der Waals surface area contributed by atoms with Crippen LogP contribution in [0.25, 0.3) is 0 Å². The highest BCUT2D eigenvalue weighted by Gasteiger charge is 2.27. The van der Waals surface area contributed by atoms with E-state index >= 15 is 0 Å². The minimum Gasteiger partial charge on any atom is -0.353 e. The van der Waals surface area contributed by atoms with Crippen molar-refractivity contribution in [1.29, 1.82) is 0 Å². The number of anilines is 1. The lowest BCUT2D eigenvalue weighted by molar-refractivity contribution is -0.127. The second-order valence-electron chi connectivity index (χ2n) is 6.92. The number of rotatable bonds is 6. The SMILES string of the molecule is Cc1nc(CCN)cc(N2CCCC[C@H]2CCN2CCCC2=O)n1. The molecule has 0 aromatic carbocycles. The zero-order chi connectivity index (χ0) is 16.9. The van der Waals surface area contributed by atoms with Gasteiger partial charge in [0, 0.05) is 50.3 Å². The van der Waals surface area contributed by atoms with Gasteiger partial charge < -0.3 is 15.5 Å². The van der Waals surface area contributed by atoms with Crippen LogP contribution >= 0.6 is 0 Å². The van der Waals surface area contributed by atoms with Gasteiger partial charge in [0.2, 0.25) is 5.91 Å². The van der Waals surface area contributed by atoms with E-state index in [1.54, 1.807) is 0 Å². The molecule has 0 unspecified atom stereocenters. The lowest BCUT2D eigenvalue weighted by atomic mass is 9.99. The van der Waals surface area contributed by atoms with Gasteiger partial charge in [-0.15, -0.1) is 0 Å². The van der Waals surface area contributed by atoms with E-state index in [4.69, 9.17) is 5.73 Å². The van der Waals surface area contributed by atoms with Gasteiger partial charge in [0.15, 0.2) is 0 Å². The molecule has 1 atom stereocenters. The maximum atomic E-state index is 11.8. The van der Waals surface area contributed by atoms with Gasteiger partial charge >= 0.3 is 0 Å². The van der Waals surface area contributed by atoms with E-state index in [0.29, 0.717) is 18.5 Å². The number of amides is 1. The summed E-state index contributed by atoms with van der Waals surface area (Å²) in [5.74, 6) is 2.17. The molecular formula is C18H29N5O. The number of likely N-dealkylation sites (tertiary alicyclic amines) is 1. The maximum Gasteiger partial charge on any atom is 0.222 e. The van der Waals surface area contributed by atoms with Crippen LogP contribution in [0.2, 0.25) is 0 Å². The molecule has 0 bridgehead atoms. The topological polar surface area (TPSA) is 75.3 Å². The molecule has 1 aromatic heterocycles. The van der Waals surface area contributed by atoms with E-state index in [2.05, 4.69) is 20.9 Å². The molecule has 2 aliphatic heterocycles. The van der Waals surface area contributed by atoms with Crippen LogP contribution in [0.5, 0.6) is 0 Å². The van der Waals surface area contributed by atoms with E-state index in [-0.39, 0.29) is 0 Å². The summed E-state index contributed by atoms with van der Waals surface area (Å²) < 4.78 is 0. The third-order valence-corrected chi connectivity index (χ3v) is 5.10. The highest BCUT2D eigenvalue weighted by atomic mass is 16.2. The molecule has 0 aliphatic carbocycles. The van der Waals surface area contributed by atoms with Crippen LogP contribution in [0.3, 0.4) is 0 Å². The Morgan fingerprint density at radius 1 is 1.25 bits per heavy atom. The molecule has 2 N–H and O–H groups in total. The fourth-order valence-corrected chi connectivity index (χ4v) is 3.88. The Kier molecular flexibility index (Phi) is 5.66. The van der Waals surface area contributed by atoms with Crippen molar-refractivity contribution < 1.29 is 4.79 Å². The first kappa shape index (κ1) is 17.1. The molecule has 24 heavy (non-hydrogen) atoms. The van der Waals surface area contributed by atoms with Crippen LogP contribution in [0.15, 0.2) is 6.07 Å². The van der Waals surface area contributed by atoms with Crippen molar-refractivity contribution in [3.05, 3.63) is 17.6 Å². The Morgan fingerprint density at radius 2 is 2.12 bits per heavy atom. The van der Waals surface area contributed by atoms with Crippen LogP contribution < -0.4 is 10.6 Å². The number of carbonyl (C=O) groups excluding carboxylic acids is 1. The number of piperidine rings is 1. The quantitative estimate of drug-likeness (QED) is 0.858. The second kappa shape index (κ2) is 7.92. The van der Waals surface area contributed by atoms with E-state index in [1.165, 1.54) is 19.3 Å². The highest BCUT2D eigenvalue weighted by molar-refractivity contribution is 5.78. The van der Waals surface area contributed by atoms with Gasteiger partial charge in [0.05, 0.1) is 0 Å². The molecule has 0 saturated carbocycles. The number of aromatic nitrogens is 2. The summed E-state index contributed by atoms with van der Waals surface area (Å²) in [6.45, 7) is 5.40. The van der Waals surface area contributed by atoms with E-state index in [9.17, 15) is 4.79 Å². The van der Waals surface area contributed by atoms with E-state index in [1.807, 2.05) is 11.8 Å². The molecule has 6 nitrogen and oxygen atoms in total. The molecule has 132 valence electrons. The van der Waals surface area contributed by atoms with Crippen molar-refractivity contribution >= 4 is 11.7 Å². The predicted molar refractivity (Wildman–Crippen MR) is 94.9 cm³/mol. The Labute approximate surface area is 144 Å². The highest BCUT2D eigenvalue weighted by Crippen LogP contribution is 2.26. The Balaban J connectivity index is 1.70. The van der Waals surface area contributed by atoms with Gasteiger partial charge in [-0.05, 0) is 45.6 Å². The number of nitrogens with zero attached hydrogens (tertiary/aromatic N) is 4. The van der Waals surface area contributed by atoms with Crippen LogP contribution in [-0.4, -0.2) is 53.0 Å². The first-order valence-electron chi connectivity index (χ1n) is 9.26. The summed E-state index contributed by atoms with van der Waals surface area (Å²) >= 11 is 0. The van der Waals surface area contributed by atoms with E-state index in [0.717, 1.165) is 62.7 Å². The number of carbonyl (C=O) groups is 1. The fraction of sp³-hybridized carbons (Fsp3) is 0.722. The van der Waals surface area contributed by atoms with Crippen molar-refractivity contribution in [2.45, 2.75) is 57.9 Å². The summed E-state index contributed by atoms with van der Waals surface area (Å²) in [4.78, 5) is 25.5. The monoisotopic (exact) mass is 331 g/mol. The van der Waals surface area contributed by atoms with Gasteiger partial charge in [-0.2, -0.15) is 0 Å². The lowest BCUT2D eigenvalue weighted by Crippen LogP contribution is -2.42. The summed E-state index contributed by atoms with van der Waals surface area (Å²) in [6.07, 6.45) is 7.20. The third kappa shape index (κ3) is 4.04. The summed E-state index contributed by atoms with van der Waals surface area (Å²) in [5.41, 5.74) is 6.71. The molecule has 3 rings (SSSR count). The van der Waals surface area contributed by atoms with Gasteiger partial charge in [0.1, 0.15) is 11.6 Å². The number of hydrogen-bond donors (Lipinski definition) is 1. The Hall–Kier alpha value is -1.69. The average Bonchev–Trinajstić information content (AvgIpc) is 2.98. The number of aryl methyl sites for hydroxylation is 1. The Bertz CT molecular complexity index is 577. The molecule has 3 heterocycles. The largest absolute Gasteiger partial charge is 0.353 e. The summed E-state index contributed by atoms with van der Waals surface area (Å²) in [7, 11) is 0. The minimum atomic E-state index is 0.320. The van der Waals surface area contributed by atoms with Crippen molar-refractivity contribution in [2.75, 3.05) is 31.1 Å². The van der Waals surface area contributed by atoms with E-state index < -0.39 is 0 Å². The van der Waals surface area contributed by atoms with Crippen LogP contribution in [0, 0.1) is 6.92 Å². The molecular weight excluding hydrogens is 302 g/mol. The van der Waals surface area contributed by atoms with Gasteiger partial charge in [0.25, 0.3) is 0 Å². The molecule has 2 aliphatic rings. The Morgan fingerprint density at radius 3 is 2.88 bits per heavy atom. The molecule has 6 heteroatoms. The van der Waals surface area contributed by atoms with Crippen molar-refractivity contribution in [3.63, 3.8) is 0 Å². The first-order valence-corrected chi connectivity index (χ1v) is 9.26. The van der Waals surface area contributed by atoms with Crippen molar-refractivity contribution in [1.82, 2.24) is 14.9 Å². The smallest absolute Gasteiger partial charge is 0.222 e. The van der Waals surface area contributed by atoms with Gasteiger partial charge in [-0.3, -0.25) is 4.79 Å². The summed E-state index contributed by atoms with van der Waals surface area (Å²) in [5, 5.41) is 0. The maximum absolute atomic E-state index is 11.8. The molecule has 1 aromatic rings. The zero-order valence-corrected chi connectivity index (χ0v) is 14.7. The van der Waals surface area contributed by atoms with Crippen LogP contribution in [0.4, 0.5) is 5.82 Å². The molecule has 0 spiro atoms. The van der Waals surface area contributed by atoms with Gasteiger partial charge in [-0.1, -0.05) is 0 Å². The lowest BCUT2D eigenvalue weighted by Gasteiger charge is -2.37. The van der Waals surface area contributed by atoms with Crippen molar-refractivity contribution in [3.8, 4) is 0 Å². The van der Waals surface area contributed by atoms with Gasteiger partial charge in [-0.25, -0.2) is 9.97 Å². The molecule has 0 radical (unpaired) electrons. The molecule has 2 fully saturated rings. The zero-order valence-electron chi connectivity index (χ0n) is 14.7. The number of hydrogen-bond acceptors (Lipinski definition) is 5. The van der Waals surface area contributed by atoms with Crippen molar-refractivity contribution in [2.24, 2.45) is 5.73 Å². The van der Waals surface area contributed by atoms with Crippen LogP contribution in [0.1, 0.15) is 50.0 Å². The summed E-state index contributed by atoms with van der Waals surface area (Å²) in [6, 6.07) is 2.56. The standard InChI is InChI=1S/C18H29N5O/c1-14-20-15(7-9-19)13-17(21-14)23-11-3-2-5-16(23)8-12-22-10-4-6-18(22)24/h13,16H,2-12,19H2,1H3/t16-/m0/s1. The molecule has 2 saturated heterocycles. The predicted octanol–water partition coefficient (Wildman–Crippen LogP) is 1.66. The minimum absolute atomic E-state index is 0.320. The average molecular weight is 331 g/mol. The van der Waals surface area contributed by atoms with Crippen LogP contribution in [-0.2, 0) is 11.2 Å². The number of nitrogens with two attached hydrogens (primary N) is 1. The third-order valence-electron chi connectivity index (χ3n) is 5.10.